The molecule has 1 aliphatic heterocycles. The van der Waals surface area contributed by atoms with Gasteiger partial charge < -0.3 is 4.98 Å². The predicted molar refractivity (Wildman–Crippen MR) is 94.9 cm³/mol. The molecule has 0 unspecified atom stereocenters. The molecule has 114 valence electrons. The molecule has 2 aromatic rings. The molecule has 0 radical (unpaired) electrons. The minimum atomic E-state index is 0.104. The second-order valence-electron chi connectivity index (χ2n) is 6.73. The lowest BCUT2D eigenvalue weighted by molar-refractivity contribution is 0.307. The molecule has 0 spiro atoms. The maximum Gasteiger partial charge on any atom is 0.305 e. The van der Waals surface area contributed by atoms with Crippen LogP contribution in [0, 0.1) is 17.8 Å². The minimum Gasteiger partial charge on any atom is -0.307 e. The predicted octanol–water partition coefficient (Wildman–Crippen LogP) is 4.85. The van der Waals surface area contributed by atoms with E-state index in [0.29, 0.717) is 17.1 Å². The third-order valence-electron chi connectivity index (χ3n) is 5.69. The van der Waals surface area contributed by atoms with Crippen LogP contribution >= 0.6 is 39.0 Å². The topological polar surface area (TPSA) is 32.9 Å². The first-order valence-corrected chi connectivity index (χ1v) is 10.3. The average molecular weight is 394 g/mol. The van der Waals surface area contributed by atoms with Crippen molar-refractivity contribution >= 4 is 39.0 Å². The van der Waals surface area contributed by atoms with E-state index >= 15 is 0 Å². The number of hydrogen-bond acceptors (Lipinski definition) is 3. The highest BCUT2D eigenvalue weighted by molar-refractivity contribution is 9.10. The molecule has 1 N–H and O–H groups in total. The van der Waals surface area contributed by atoms with E-state index in [0.717, 1.165) is 21.3 Å². The summed E-state index contributed by atoms with van der Waals surface area (Å²) in [5.41, 5.74) is 1.38. The molecule has 0 amide bonds. The number of benzene rings is 1. The van der Waals surface area contributed by atoms with Crippen molar-refractivity contribution in [3.8, 4) is 0 Å². The number of aromatic nitrogens is 1. The third kappa shape index (κ3) is 1.95. The van der Waals surface area contributed by atoms with Crippen LogP contribution in [0.5, 0.6) is 0 Å². The summed E-state index contributed by atoms with van der Waals surface area (Å²) in [6.07, 6.45) is 4.16. The van der Waals surface area contributed by atoms with Crippen LogP contribution in [0.2, 0.25) is 0 Å². The lowest BCUT2D eigenvalue weighted by Crippen LogP contribution is -2.33. The Morgan fingerprint density at radius 1 is 1.14 bits per heavy atom. The van der Waals surface area contributed by atoms with Crippen molar-refractivity contribution in [3.63, 3.8) is 0 Å². The zero-order valence-electron chi connectivity index (χ0n) is 11.9. The quantitative estimate of drug-likeness (QED) is 0.750. The van der Waals surface area contributed by atoms with Gasteiger partial charge in [0.1, 0.15) is 0 Å². The Bertz CT molecular complexity index is 781. The lowest BCUT2D eigenvalue weighted by Gasteiger charge is -2.40. The summed E-state index contributed by atoms with van der Waals surface area (Å²) in [5, 5.41) is 1.85. The number of rotatable bonds is 1. The van der Waals surface area contributed by atoms with Crippen LogP contribution in [0.3, 0.4) is 0 Å². The van der Waals surface area contributed by atoms with Gasteiger partial charge in [-0.2, -0.15) is 0 Å². The molecule has 2 nitrogen and oxygen atoms in total. The molecule has 2 aliphatic carbocycles. The van der Waals surface area contributed by atoms with Crippen molar-refractivity contribution in [2.45, 2.75) is 35.5 Å². The summed E-state index contributed by atoms with van der Waals surface area (Å²) in [6.45, 7) is 0. The molecule has 2 fully saturated rings. The highest BCUT2D eigenvalue weighted by Gasteiger charge is 2.54. The Kier molecular flexibility index (Phi) is 3.15. The highest BCUT2D eigenvalue weighted by atomic mass is 79.9. The number of halogens is 1. The van der Waals surface area contributed by atoms with Gasteiger partial charge in [0.2, 0.25) is 0 Å². The zero-order valence-corrected chi connectivity index (χ0v) is 15.1. The fourth-order valence-corrected chi connectivity index (χ4v) is 8.05. The average Bonchev–Trinajstić information content (AvgIpc) is 3.19. The van der Waals surface area contributed by atoms with Crippen LogP contribution in [0.15, 0.2) is 38.6 Å². The van der Waals surface area contributed by atoms with Gasteiger partial charge in [-0.1, -0.05) is 39.4 Å². The Balaban J connectivity index is 1.68. The normalized spacial score (nSPS) is 35.4. The molecule has 2 bridgehead atoms. The molecule has 5 heteroatoms. The van der Waals surface area contributed by atoms with Crippen molar-refractivity contribution in [1.82, 2.24) is 4.98 Å². The Labute approximate surface area is 145 Å². The van der Waals surface area contributed by atoms with Crippen LogP contribution in [0.25, 0.3) is 0 Å². The van der Waals surface area contributed by atoms with E-state index in [1.165, 1.54) is 41.0 Å². The van der Waals surface area contributed by atoms with Crippen molar-refractivity contribution in [3.05, 3.63) is 48.8 Å². The molecule has 22 heavy (non-hydrogen) atoms. The molecule has 1 aromatic carbocycles. The Morgan fingerprint density at radius 3 is 2.73 bits per heavy atom. The number of hydrogen-bond donors (Lipinski definition) is 1. The third-order valence-corrected chi connectivity index (χ3v) is 8.85. The van der Waals surface area contributed by atoms with E-state index < -0.39 is 0 Å². The monoisotopic (exact) mass is 393 g/mol. The SMILES string of the molecule is O=c1[nH]c2c(s1)[C@@H](c1ccc(Br)cc1)[C@@H]1[C@@H]3CC[C@H](C3)[C@@H]1S2. The van der Waals surface area contributed by atoms with Crippen molar-refractivity contribution < 1.29 is 0 Å². The number of fused-ring (bicyclic) bond motifs is 6. The van der Waals surface area contributed by atoms with Gasteiger partial charge in [-0.3, -0.25) is 4.79 Å². The van der Waals surface area contributed by atoms with Gasteiger partial charge in [-0.25, -0.2) is 0 Å². The second-order valence-corrected chi connectivity index (χ2v) is 9.85. The van der Waals surface area contributed by atoms with E-state index in [4.69, 9.17) is 0 Å². The molecule has 2 saturated carbocycles. The first kappa shape index (κ1) is 13.9. The first-order valence-electron chi connectivity index (χ1n) is 7.86. The van der Waals surface area contributed by atoms with Crippen LogP contribution in [-0.4, -0.2) is 10.2 Å². The minimum absolute atomic E-state index is 0.104. The fraction of sp³-hybridized carbons (Fsp3) is 0.471. The summed E-state index contributed by atoms with van der Waals surface area (Å²) < 4.78 is 1.12. The molecule has 0 saturated heterocycles. The molecule has 1 aromatic heterocycles. The number of H-pyrrole nitrogens is 1. The van der Waals surface area contributed by atoms with Crippen LogP contribution in [0.1, 0.15) is 35.6 Å². The number of thioether (sulfide) groups is 1. The fourth-order valence-electron chi connectivity index (χ4n) is 4.89. The standard InChI is InChI=1S/C17H16BrNOS2/c18-11-5-3-8(4-6-11)12-13-9-1-2-10(7-9)14(13)21-16-15(12)22-17(20)19-16/h3-6,9-10,12-14H,1-2,7H2,(H,19,20)/t9-,10-,12+,13+,14+/m1/s1. The van der Waals surface area contributed by atoms with Crippen molar-refractivity contribution in [2.24, 2.45) is 17.8 Å². The molecular formula is C17H16BrNOS2. The Morgan fingerprint density at radius 2 is 1.91 bits per heavy atom. The lowest BCUT2D eigenvalue weighted by atomic mass is 9.75. The maximum atomic E-state index is 11.9. The van der Waals surface area contributed by atoms with Gasteiger partial charge in [0, 0.05) is 20.5 Å². The van der Waals surface area contributed by atoms with Crippen LogP contribution in [0.4, 0.5) is 0 Å². The van der Waals surface area contributed by atoms with Gasteiger partial charge in [0.05, 0.1) is 5.03 Å². The first-order chi connectivity index (χ1) is 10.7. The molecular weight excluding hydrogens is 378 g/mol. The summed E-state index contributed by atoms with van der Waals surface area (Å²) in [6, 6.07) is 8.74. The maximum absolute atomic E-state index is 11.9. The van der Waals surface area contributed by atoms with Gasteiger partial charge in [-0.15, -0.1) is 11.8 Å². The molecule has 3 aliphatic rings. The molecule has 5 atom stereocenters. The van der Waals surface area contributed by atoms with E-state index in [1.54, 1.807) is 0 Å². The van der Waals surface area contributed by atoms with Gasteiger partial charge in [-0.05, 0) is 54.7 Å². The molecule has 5 rings (SSSR count). The van der Waals surface area contributed by atoms with E-state index in [9.17, 15) is 4.79 Å². The zero-order chi connectivity index (χ0) is 14.8. The largest absolute Gasteiger partial charge is 0.307 e. The van der Waals surface area contributed by atoms with Crippen molar-refractivity contribution in [1.29, 1.82) is 0 Å². The second kappa shape index (κ2) is 4.99. The van der Waals surface area contributed by atoms with Gasteiger partial charge in [0.25, 0.3) is 0 Å². The smallest absolute Gasteiger partial charge is 0.305 e. The number of thiazole rings is 1. The van der Waals surface area contributed by atoms with Crippen LogP contribution < -0.4 is 4.87 Å². The van der Waals surface area contributed by atoms with E-state index in [-0.39, 0.29) is 4.87 Å². The van der Waals surface area contributed by atoms with E-state index in [2.05, 4.69) is 45.2 Å². The summed E-state index contributed by atoms with van der Waals surface area (Å²) in [5.74, 6) is 2.83. The summed E-state index contributed by atoms with van der Waals surface area (Å²) >= 11 is 6.93. The van der Waals surface area contributed by atoms with Gasteiger partial charge >= 0.3 is 4.87 Å². The summed E-state index contributed by atoms with van der Waals surface area (Å²) in [7, 11) is 0. The molecule has 2 heterocycles. The Hall–Kier alpha value is -0.520. The highest BCUT2D eigenvalue weighted by Crippen LogP contribution is 2.63. The number of aromatic amines is 1. The van der Waals surface area contributed by atoms with Crippen LogP contribution in [-0.2, 0) is 0 Å². The number of nitrogens with one attached hydrogen (secondary N) is 1. The van der Waals surface area contributed by atoms with Crippen molar-refractivity contribution in [2.75, 3.05) is 0 Å². The van der Waals surface area contributed by atoms with Gasteiger partial charge in [0.15, 0.2) is 0 Å². The van der Waals surface area contributed by atoms with E-state index in [1.807, 2.05) is 11.8 Å². The summed E-state index contributed by atoms with van der Waals surface area (Å²) in [4.78, 5) is 16.4.